The van der Waals surface area contributed by atoms with Crippen molar-refractivity contribution in [2.75, 3.05) is 0 Å². The van der Waals surface area contributed by atoms with Crippen LogP contribution in [0.3, 0.4) is 0 Å². The number of nitrogens with two attached hydrogens (primary N) is 1. The van der Waals surface area contributed by atoms with E-state index in [0.717, 1.165) is 24.1 Å². The minimum atomic E-state index is 0.270. The molecule has 0 fully saturated rings. The lowest BCUT2D eigenvalue weighted by Gasteiger charge is -2.06. The molecule has 0 aliphatic carbocycles. The van der Waals surface area contributed by atoms with Gasteiger partial charge in [-0.05, 0) is 50.5 Å². The van der Waals surface area contributed by atoms with E-state index in [2.05, 4.69) is 35.3 Å². The van der Waals surface area contributed by atoms with E-state index in [0.29, 0.717) is 0 Å². The Hall–Kier alpha value is -1.41. The van der Waals surface area contributed by atoms with E-state index in [-0.39, 0.29) is 6.04 Å². The molecule has 0 bridgehead atoms. The summed E-state index contributed by atoms with van der Waals surface area (Å²) in [7, 11) is 0. The van der Waals surface area contributed by atoms with Crippen LogP contribution in [0.25, 0.3) is 10.9 Å². The number of aromatic nitrogens is 1. The van der Waals surface area contributed by atoms with Crippen molar-refractivity contribution in [2.24, 2.45) is 5.73 Å². The van der Waals surface area contributed by atoms with Crippen LogP contribution in [0.5, 0.6) is 0 Å². The predicted octanol–water partition coefficient (Wildman–Crippen LogP) is 2.82. The molecule has 2 N–H and O–H groups in total. The first-order chi connectivity index (χ1) is 7.65. The summed E-state index contributed by atoms with van der Waals surface area (Å²) in [6, 6.07) is 10.9. The molecule has 0 saturated carbocycles. The Morgan fingerprint density at radius 1 is 1.25 bits per heavy atom. The molecule has 0 saturated heterocycles. The van der Waals surface area contributed by atoms with Crippen LogP contribution in [-0.4, -0.2) is 11.0 Å². The minimum Gasteiger partial charge on any atom is -0.328 e. The van der Waals surface area contributed by atoms with Crippen LogP contribution in [0, 0.1) is 6.92 Å². The summed E-state index contributed by atoms with van der Waals surface area (Å²) in [6.45, 7) is 4.06. The maximum absolute atomic E-state index is 5.76. The van der Waals surface area contributed by atoms with Crippen molar-refractivity contribution in [1.82, 2.24) is 4.98 Å². The van der Waals surface area contributed by atoms with E-state index in [1.165, 1.54) is 10.9 Å². The molecule has 0 spiro atoms. The Kier molecular flexibility index (Phi) is 3.20. The van der Waals surface area contributed by atoms with Crippen LogP contribution in [0.15, 0.2) is 30.3 Å². The lowest BCUT2D eigenvalue weighted by Crippen LogP contribution is -2.15. The highest BCUT2D eigenvalue weighted by atomic mass is 14.7. The van der Waals surface area contributed by atoms with Gasteiger partial charge in [0, 0.05) is 17.1 Å². The summed E-state index contributed by atoms with van der Waals surface area (Å²) >= 11 is 0. The van der Waals surface area contributed by atoms with Gasteiger partial charge in [0.15, 0.2) is 0 Å². The Bertz CT molecular complexity index is 489. The number of pyridine rings is 1. The molecule has 1 aromatic heterocycles. The Labute approximate surface area is 96.5 Å². The molecule has 16 heavy (non-hydrogen) atoms. The van der Waals surface area contributed by atoms with Crippen molar-refractivity contribution in [2.45, 2.75) is 32.7 Å². The molecule has 0 radical (unpaired) electrons. The lowest BCUT2D eigenvalue weighted by molar-refractivity contribution is 0.666. The van der Waals surface area contributed by atoms with Crippen LogP contribution < -0.4 is 5.73 Å². The fourth-order valence-electron chi connectivity index (χ4n) is 1.83. The van der Waals surface area contributed by atoms with E-state index in [4.69, 9.17) is 5.73 Å². The summed E-state index contributed by atoms with van der Waals surface area (Å²) < 4.78 is 0. The van der Waals surface area contributed by atoms with Gasteiger partial charge in [0.1, 0.15) is 0 Å². The van der Waals surface area contributed by atoms with Crippen molar-refractivity contribution in [1.29, 1.82) is 0 Å². The Morgan fingerprint density at radius 3 is 2.81 bits per heavy atom. The van der Waals surface area contributed by atoms with Crippen LogP contribution in [0.1, 0.15) is 24.6 Å². The van der Waals surface area contributed by atoms with Crippen LogP contribution in [0.4, 0.5) is 0 Å². The first kappa shape index (κ1) is 11.1. The van der Waals surface area contributed by atoms with E-state index in [1.807, 2.05) is 13.8 Å². The Morgan fingerprint density at radius 2 is 2.06 bits per heavy atom. The second-order valence-corrected chi connectivity index (χ2v) is 4.50. The van der Waals surface area contributed by atoms with Gasteiger partial charge in [0.25, 0.3) is 0 Å². The molecule has 1 heterocycles. The molecule has 0 amide bonds. The number of rotatable bonds is 3. The molecular formula is C14H18N2. The Balaban J connectivity index is 2.26. The third kappa shape index (κ3) is 2.58. The fraction of sp³-hybridized carbons (Fsp3) is 0.357. The predicted molar refractivity (Wildman–Crippen MR) is 68.5 cm³/mol. The zero-order valence-corrected chi connectivity index (χ0v) is 9.90. The zero-order chi connectivity index (χ0) is 11.5. The third-order valence-corrected chi connectivity index (χ3v) is 2.78. The van der Waals surface area contributed by atoms with Gasteiger partial charge in [0.05, 0.1) is 5.52 Å². The number of nitrogens with zero attached hydrogens (tertiary/aromatic N) is 1. The average molecular weight is 214 g/mol. The first-order valence-electron chi connectivity index (χ1n) is 5.77. The molecule has 1 aromatic carbocycles. The average Bonchev–Trinajstić information content (AvgIpc) is 2.26. The molecule has 2 heteroatoms. The molecule has 1 unspecified atom stereocenters. The lowest BCUT2D eigenvalue weighted by atomic mass is 10.0. The zero-order valence-electron chi connectivity index (χ0n) is 9.90. The maximum Gasteiger partial charge on any atom is 0.0705 e. The van der Waals surface area contributed by atoms with Gasteiger partial charge < -0.3 is 5.73 Å². The molecule has 1 atom stereocenters. The van der Waals surface area contributed by atoms with Crippen molar-refractivity contribution < 1.29 is 0 Å². The van der Waals surface area contributed by atoms with Crippen molar-refractivity contribution in [3.63, 3.8) is 0 Å². The minimum absolute atomic E-state index is 0.270. The monoisotopic (exact) mass is 214 g/mol. The van der Waals surface area contributed by atoms with E-state index in [9.17, 15) is 0 Å². The topological polar surface area (TPSA) is 38.9 Å². The number of benzene rings is 1. The normalized spacial score (nSPS) is 12.9. The van der Waals surface area contributed by atoms with Crippen LogP contribution >= 0.6 is 0 Å². The van der Waals surface area contributed by atoms with Gasteiger partial charge in [-0.15, -0.1) is 0 Å². The quantitative estimate of drug-likeness (QED) is 0.853. The number of aryl methyl sites for hydroxylation is 2. The molecule has 0 aliphatic heterocycles. The second kappa shape index (κ2) is 4.62. The van der Waals surface area contributed by atoms with Crippen molar-refractivity contribution in [3.05, 3.63) is 41.6 Å². The SMILES string of the molecule is Cc1ccc2cc(CCC(C)N)ccc2n1. The third-order valence-electron chi connectivity index (χ3n) is 2.78. The summed E-state index contributed by atoms with van der Waals surface area (Å²) in [5.41, 5.74) is 9.24. The van der Waals surface area contributed by atoms with Crippen molar-refractivity contribution in [3.8, 4) is 0 Å². The number of hydrogen-bond donors (Lipinski definition) is 1. The largest absolute Gasteiger partial charge is 0.328 e. The summed E-state index contributed by atoms with van der Waals surface area (Å²) in [6.07, 6.45) is 2.08. The van der Waals surface area contributed by atoms with E-state index < -0.39 is 0 Å². The number of hydrogen-bond acceptors (Lipinski definition) is 2. The highest BCUT2D eigenvalue weighted by molar-refractivity contribution is 5.79. The molecule has 0 aliphatic rings. The van der Waals surface area contributed by atoms with Gasteiger partial charge in [-0.1, -0.05) is 12.1 Å². The smallest absolute Gasteiger partial charge is 0.0705 e. The van der Waals surface area contributed by atoms with E-state index >= 15 is 0 Å². The molecule has 84 valence electrons. The molecule has 2 nitrogen and oxygen atoms in total. The molecular weight excluding hydrogens is 196 g/mol. The van der Waals surface area contributed by atoms with Gasteiger partial charge in [-0.25, -0.2) is 0 Å². The second-order valence-electron chi connectivity index (χ2n) is 4.50. The summed E-state index contributed by atoms with van der Waals surface area (Å²) in [5.74, 6) is 0. The first-order valence-corrected chi connectivity index (χ1v) is 5.77. The van der Waals surface area contributed by atoms with Gasteiger partial charge in [0.2, 0.25) is 0 Å². The number of fused-ring (bicyclic) bond motifs is 1. The molecule has 2 rings (SSSR count). The van der Waals surface area contributed by atoms with Gasteiger partial charge in [-0.2, -0.15) is 0 Å². The standard InChI is InChI=1S/C14H18N2/c1-10(15)3-5-12-6-8-14-13(9-12)7-4-11(2)16-14/h4,6-10H,3,5,15H2,1-2H3. The molecule has 2 aromatic rings. The van der Waals surface area contributed by atoms with Crippen molar-refractivity contribution >= 4 is 10.9 Å². The van der Waals surface area contributed by atoms with Gasteiger partial charge in [-0.3, -0.25) is 4.98 Å². The van der Waals surface area contributed by atoms with Crippen LogP contribution in [0.2, 0.25) is 0 Å². The van der Waals surface area contributed by atoms with E-state index in [1.54, 1.807) is 0 Å². The van der Waals surface area contributed by atoms with Crippen LogP contribution in [-0.2, 0) is 6.42 Å². The summed E-state index contributed by atoms with van der Waals surface area (Å²) in [4.78, 5) is 4.49. The maximum atomic E-state index is 5.76. The summed E-state index contributed by atoms with van der Waals surface area (Å²) in [5, 5.41) is 1.22. The van der Waals surface area contributed by atoms with Gasteiger partial charge >= 0.3 is 0 Å². The highest BCUT2D eigenvalue weighted by Crippen LogP contribution is 2.16. The fourth-order valence-corrected chi connectivity index (χ4v) is 1.83. The highest BCUT2D eigenvalue weighted by Gasteiger charge is 2.00.